The maximum atomic E-state index is 14.0. The molecule has 0 aliphatic rings. The van der Waals surface area contributed by atoms with Gasteiger partial charge in [0.2, 0.25) is 0 Å². The summed E-state index contributed by atoms with van der Waals surface area (Å²) in [6, 6.07) is 4.36. The average molecular weight is 293 g/mol. The van der Waals surface area contributed by atoms with Gasteiger partial charge in [0, 0.05) is 31.6 Å². The Balaban J connectivity index is 2.46. The number of rotatable bonds is 6. The first-order chi connectivity index (χ1) is 10.0. The summed E-state index contributed by atoms with van der Waals surface area (Å²) in [6.45, 7) is 2.63. The van der Waals surface area contributed by atoms with Crippen LogP contribution in [0.5, 0.6) is 5.75 Å². The first-order valence-corrected chi connectivity index (χ1v) is 6.49. The van der Waals surface area contributed by atoms with E-state index in [1.54, 1.807) is 20.1 Å². The number of fused-ring (bicyclic) bond motifs is 1. The lowest BCUT2D eigenvalue weighted by molar-refractivity contribution is 0.0690. The Labute approximate surface area is 121 Å². The van der Waals surface area contributed by atoms with Crippen molar-refractivity contribution in [1.29, 1.82) is 0 Å². The van der Waals surface area contributed by atoms with Crippen molar-refractivity contribution in [3.8, 4) is 5.75 Å². The summed E-state index contributed by atoms with van der Waals surface area (Å²) in [5.74, 6) is -1.47. The van der Waals surface area contributed by atoms with E-state index in [1.807, 2.05) is 0 Å². The van der Waals surface area contributed by atoms with Gasteiger partial charge in [-0.3, -0.25) is 0 Å². The molecule has 0 unspecified atom stereocenters. The number of hydrogen-bond donors (Lipinski definition) is 1. The number of aryl methyl sites for hydroxylation is 1. The van der Waals surface area contributed by atoms with Crippen molar-refractivity contribution in [2.75, 3.05) is 20.3 Å². The van der Waals surface area contributed by atoms with Crippen LogP contribution in [-0.4, -0.2) is 36.4 Å². The smallest absolute Gasteiger partial charge is 0.354 e. The van der Waals surface area contributed by atoms with Crippen LogP contribution < -0.4 is 4.74 Å². The topological polar surface area (TPSA) is 68.7 Å². The SMILES string of the molecule is COCCCOc1cc(C(=O)O)nc2c(F)cc(C)cc12. The Hall–Kier alpha value is -2.21. The van der Waals surface area contributed by atoms with Crippen LogP contribution >= 0.6 is 0 Å². The second kappa shape index (κ2) is 6.49. The first-order valence-electron chi connectivity index (χ1n) is 6.49. The van der Waals surface area contributed by atoms with E-state index < -0.39 is 11.8 Å². The van der Waals surface area contributed by atoms with E-state index in [4.69, 9.17) is 14.6 Å². The highest BCUT2D eigenvalue weighted by molar-refractivity contribution is 5.93. The quantitative estimate of drug-likeness (QED) is 0.829. The molecule has 0 saturated heterocycles. The fourth-order valence-electron chi connectivity index (χ4n) is 2.01. The van der Waals surface area contributed by atoms with Crippen molar-refractivity contribution in [3.63, 3.8) is 0 Å². The van der Waals surface area contributed by atoms with Crippen molar-refractivity contribution < 1.29 is 23.8 Å². The number of nitrogens with zero attached hydrogens (tertiary/aromatic N) is 1. The van der Waals surface area contributed by atoms with Crippen LogP contribution in [0.15, 0.2) is 18.2 Å². The molecule has 0 amide bonds. The van der Waals surface area contributed by atoms with Gasteiger partial charge < -0.3 is 14.6 Å². The van der Waals surface area contributed by atoms with Crippen molar-refractivity contribution in [1.82, 2.24) is 4.98 Å². The molecule has 1 aromatic heterocycles. The molecule has 5 nitrogen and oxygen atoms in total. The molecule has 0 aliphatic heterocycles. The third kappa shape index (κ3) is 3.46. The van der Waals surface area contributed by atoms with Crippen molar-refractivity contribution >= 4 is 16.9 Å². The van der Waals surface area contributed by atoms with E-state index in [0.717, 1.165) is 0 Å². The number of aromatic nitrogens is 1. The van der Waals surface area contributed by atoms with E-state index in [-0.39, 0.29) is 11.2 Å². The monoisotopic (exact) mass is 293 g/mol. The third-order valence-electron chi connectivity index (χ3n) is 2.94. The van der Waals surface area contributed by atoms with Gasteiger partial charge in [0.05, 0.1) is 6.61 Å². The van der Waals surface area contributed by atoms with Gasteiger partial charge in [-0.25, -0.2) is 14.2 Å². The van der Waals surface area contributed by atoms with Gasteiger partial charge in [0.1, 0.15) is 17.1 Å². The van der Waals surface area contributed by atoms with Crippen LogP contribution in [0.2, 0.25) is 0 Å². The number of ether oxygens (including phenoxy) is 2. The lowest BCUT2D eigenvalue weighted by atomic mass is 10.1. The molecule has 0 aliphatic carbocycles. The van der Waals surface area contributed by atoms with E-state index in [0.29, 0.717) is 36.3 Å². The molecular formula is C15H16FNO4. The average Bonchev–Trinajstić information content (AvgIpc) is 2.43. The minimum Gasteiger partial charge on any atom is -0.493 e. The number of carboxylic acids is 1. The molecule has 1 aromatic carbocycles. The summed E-state index contributed by atoms with van der Waals surface area (Å²) in [5, 5.41) is 9.53. The number of benzene rings is 1. The van der Waals surface area contributed by atoms with Crippen LogP contribution in [0.3, 0.4) is 0 Å². The molecule has 2 rings (SSSR count). The molecule has 112 valence electrons. The number of hydrogen-bond acceptors (Lipinski definition) is 4. The van der Waals surface area contributed by atoms with Crippen molar-refractivity contribution in [2.24, 2.45) is 0 Å². The van der Waals surface area contributed by atoms with Crippen molar-refractivity contribution in [2.45, 2.75) is 13.3 Å². The molecule has 0 fully saturated rings. The molecule has 1 heterocycles. The summed E-state index contributed by atoms with van der Waals surface area (Å²) >= 11 is 0. The number of carbonyl (C=O) groups is 1. The molecule has 0 saturated carbocycles. The zero-order valence-corrected chi connectivity index (χ0v) is 11.9. The Morgan fingerprint density at radius 1 is 1.33 bits per heavy atom. The lowest BCUT2D eigenvalue weighted by Gasteiger charge is -2.11. The fourth-order valence-corrected chi connectivity index (χ4v) is 2.01. The second-order valence-corrected chi connectivity index (χ2v) is 4.65. The van der Waals surface area contributed by atoms with E-state index in [2.05, 4.69) is 4.98 Å². The van der Waals surface area contributed by atoms with Gasteiger partial charge in [-0.15, -0.1) is 0 Å². The third-order valence-corrected chi connectivity index (χ3v) is 2.94. The molecular weight excluding hydrogens is 277 g/mol. The molecule has 0 atom stereocenters. The molecule has 1 N–H and O–H groups in total. The molecule has 6 heteroatoms. The standard InChI is InChI=1S/C15H16FNO4/c1-9-6-10-13(21-5-3-4-20-2)8-12(15(18)19)17-14(10)11(16)7-9/h6-8H,3-5H2,1-2H3,(H,18,19). The highest BCUT2D eigenvalue weighted by atomic mass is 19.1. The molecule has 0 spiro atoms. The summed E-state index contributed by atoms with van der Waals surface area (Å²) in [7, 11) is 1.59. The zero-order chi connectivity index (χ0) is 15.4. The van der Waals surface area contributed by atoms with E-state index >= 15 is 0 Å². The molecule has 2 aromatic rings. The lowest BCUT2D eigenvalue weighted by Crippen LogP contribution is -2.06. The molecule has 0 bridgehead atoms. The second-order valence-electron chi connectivity index (χ2n) is 4.65. The van der Waals surface area contributed by atoms with Crippen LogP contribution in [0, 0.1) is 12.7 Å². The largest absolute Gasteiger partial charge is 0.493 e. The minimum atomic E-state index is -1.22. The number of methoxy groups -OCH3 is 1. The number of carboxylic acid groups (broad SMARTS) is 1. The summed E-state index contributed by atoms with van der Waals surface area (Å²) < 4.78 is 24.5. The van der Waals surface area contributed by atoms with Gasteiger partial charge in [-0.2, -0.15) is 0 Å². The Morgan fingerprint density at radius 2 is 2.10 bits per heavy atom. The van der Waals surface area contributed by atoms with Crippen LogP contribution in [0.1, 0.15) is 22.5 Å². The van der Waals surface area contributed by atoms with Crippen molar-refractivity contribution in [3.05, 3.63) is 35.3 Å². The summed E-state index contributed by atoms with van der Waals surface area (Å²) in [5.41, 5.74) is 0.473. The zero-order valence-electron chi connectivity index (χ0n) is 11.9. The Bertz CT molecular complexity index is 672. The highest BCUT2D eigenvalue weighted by Crippen LogP contribution is 2.28. The first kappa shape index (κ1) is 15.2. The van der Waals surface area contributed by atoms with Crippen LogP contribution in [0.4, 0.5) is 4.39 Å². The van der Waals surface area contributed by atoms with Gasteiger partial charge in [0.15, 0.2) is 5.69 Å². The summed E-state index contributed by atoms with van der Waals surface area (Å²) in [4.78, 5) is 14.9. The maximum absolute atomic E-state index is 14.0. The predicted molar refractivity (Wildman–Crippen MR) is 75.4 cm³/mol. The van der Waals surface area contributed by atoms with Gasteiger partial charge in [-0.1, -0.05) is 0 Å². The number of halogens is 1. The van der Waals surface area contributed by atoms with E-state index in [1.165, 1.54) is 12.1 Å². The number of aromatic carboxylic acids is 1. The maximum Gasteiger partial charge on any atom is 0.354 e. The Kier molecular flexibility index (Phi) is 4.70. The van der Waals surface area contributed by atoms with Gasteiger partial charge >= 0.3 is 5.97 Å². The molecule has 21 heavy (non-hydrogen) atoms. The Morgan fingerprint density at radius 3 is 2.76 bits per heavy atom. The van der Waals surface area contributed by atoms with E-state index in [9.17, 15) is 9.18 Å². The number of pyridine rings is 1. The fraction of sp³-hybridized carbons (Fsp3) is 0.333. The van der Waals surface area contributed by atoms with Gasteiger partial charge in [-0.05, 0) is 24.6 Å². The summed E-state index contributed by atoms with van der Waals surface area (Å²) in [6.07, 6.45) is 0.650. The highest BCUT2D eigenvalue weighted by Gasteiger charge is 2.15. The molecule has 0 radical (unpaired) electrons. The van der Waals surface area contributed by atoms with Crippen LogP contribution in [0.25, 0.3) is 10.9 Å². The van der Waals surface area contributed by atoms with Gasteiger partial charge in [0.25, 0.3) is 0 Å². The van der Waals surface area contributed by atoms with Crippen LogP contribution in [-0.2, 0) is 4.74 Å². The minimum absolute atomic E-state index is 0.00208. The normalized spacial score (nSPS) is 10.8. The predicted octanol–water partition coefficient (Wildman–Crippen LogP) is 2.80.